The molecule has 0 amide bonds. The number of halogens is 1. The van der Waals surface area contributed by atoms with Crippen molar-refractivity contribution in [2.24, 2.45) is 9.98 Å². The maximum Gasteiger partial charge on any atom is 0.355 e. The minimum atomic E-state index is -1.72. The van der Waals surface area contributed by atoms with Crippen LogP contribution >= 0.6 is 11.6 Å². The first-order chi connectivity index (χ1) is 13.9. The molecule has 0 radical (unpaired) electrons. The molecule has 29 heavy (non-hydrogen) atoms. The number of hydrogen-bond acceptors (Lipinski definition) is 7. The summed E-state index contributed by atoms with van der Waals surface area (Å²) in [5, 5.41) is 0.513. The molecule has 148 valence electrons. The van der Waals surface area contributed by atoms with Crippen molar-refractivity contribution in [1.82, 2.24) is 0 Å². The van der Waals surface area contributed by atoms with Gasteiger partial charge in [0.2, 0.25) is 5.54 Å². The number of hydrogen-bond donors (Lipinski definition) is 0. The first kappa shape index (κ1) is 20.4. The summed E-state index contributed by atoms with van der Waals surface area (Å²) in [7, 11) is 2.38. The van der Waals surface area contributed by atoms with Crippen LogP contribution in [0.3, 0.4) is 0 Å². The number of carbonyl (C=O) groups is 3. The number of ketones is 1. The Morgan fingerprint density at radius 2 is 1.69 bits per heavy atom. The van der Waals surface area contributed by atoms with Crippen molar-refractivity contribution in [2.45, 2.75) is 12.0 Å². The van der Waals surface area contributed by atoms with Crippen LogP contribution in [0.2, 0.25) is 5.02 Å². The number of nitrogens with zero attached hydrogens (tertiary/aromatic N) is 2. The van der Waals surface area contributed by atoms with Gasteiger partial charge in [-0.1, -0.05) is 35.9 Å². The van der Waals surface area contributed by atoms with Crippen LogP contribution in [-0.4, -0.2) is 49.5 Å². The van der Waals surface area contributed by atoms with Crippen LogP contribution in [0, 0.1) is 0 Å². The fraction of sp³-hybridized carbons (Fsp3) is 0.190. The Balaban J connectivity index is 2.05. The number of ether oxygens (including phenoxy) is 2. The molecule has 0 aliphatic carbocycles. The normalized spacial score (nSPS) is 17.6. The van der Waals surface area contributed by atoms with Crippen LogP contribution in [0.4, 0.5) is 0 Å². The molecule has 1 aliphatic heterocycles. The highest BCUT2D eigenvalue weighted by molar-refractivity contribution is 6.47. The lowest BCUT2D eigenvalue weighted by atomic mass is 9.84. The minimum absolute atomic E-state index is 0.0976. The zero-order valence-corrected chi connectivity index (χ0v) is 16.5. The van der Waals surface area contributed by atoms with Gasteiger partial charge in [0.25, 0.3) is 0 Å². The second kappa shape index (κ2) is 8.36. The monoisotopic (exact) mass is 412 g/mol. The van der Waals surface area contributed by atoms with E-state index in [4.69, 9.17) is 21.1 Å². The lowest BCUT2D eigenvalue weighted by molar-refractivity contribution is -0.145. The maximum absolute atomic E-state index is 13.0. The van der Waals surface area contributed by atoms with Gasteiger partial charge < -0.3 is 9.47 Å². The second-order valence-corrected chi connectivity index (χ2v) is 6.67. The van der Waals surface area contributed by atoms with E-state index < -0.39 is 17.5 Å². The molecule has 0 N–H and O–H groups in total. The van der Waals surface area contributed by atoms with Gasteiger partial charge in [-0.3, -0.25) is 4.79 Å². The summed E-state index contributed by atoms with van der Waals surface area (Å²) in [6.45, 7) is 0. The Labute approximate surface area is 172 Å². The molecule has 1 aliphatic rings. The van der Waals surface area contributed by atoms with E-state index in [9.17, 15) is 14.4 Å². The van der Waals surface area contributed by atoms with Crippen LogP contribution < -0.4 is 0 Å². The van der Waals surface area contributed by atoms with Crippen molar-refractivity contribution in [3.05, 3.63) is 70.2 Å². The van der Waals surface area contributed by atoms with E-state index in [-0.39, 0.29) is 17.9 Å². The van der Waals surface area contributed by atoms with E-state index in [2.05, 4.69) is 9.98 Å². The molecule has 3 rings (SSSR count). The van der Waals surface area contributed by atoms with E-state index >= 15 is 0 Å². The lowest BCUT2D eigenvalue weighted by Crippen LogP contribution is -2.49. The molecule has 8 heteroatoms. The number of aliphatic imine (C=N–C) groups is 2. The summed E-state index contributed by atoms with van der Waals surface area (Å²) in [4.78, 5) is 45.9. The molecule has 7 nitrogen and oxygen atoms in total. The average molecular weight is 413 g/mol. The predicted molar refractivity (Wildman–Crippen MR) is 108 cm³/mol. The summed E-state index contributed by atoms with van der Waals surface area (Å²) < 4.78 is 9.63. The topological polar surface area (TPSA) is 94.4 Å². The molecule has 0 fully saturated rings. The van der Waals surface area contributed by atoms with Gasteiger partial charge in [-0.2, -0.15) is 0 Å². The highest BCUT2D eigenvalue weighted by Gasteiger charge is 2.51. The Hall–Kier alpha value is -3.32. The van der Waals surface area contributed by atoms with E-state index in [0.717, 1.165) is 6.34 Å². The highest BCUT2D eigenvalue weighted by Crippen LogP contribution is 2.28. The van der Waals surface area contributed by atoms with Gasteiger partial charge in [-0.25, -0.2) is 19.6 Å². The first-order valence-corrected chi connectivity index (χ1v) is 8.97. The molecular formula is C21H17ClN2O5. The molecule has 0 saturated carbocycles. The summed E-state index contributed by atoms with van der Waals surface area (Å²) in [6.07, 6.45) is 1.02. The third-order valence-corrected chi connectivity index (χ3v) is 4.83. The molecule has 1 atom stereocenters. The van der Waals surface area contributed by atoms with Gasteiger partial charge >= 0.3 is 11.9 Å². The highest BCUT2D eigenvalue weighted by atomic mass is 35.5. The number of methoxy groups -OCH3 is 2. The predicted octanol–water partition coefficient (Wildman–Crippen LogP) is 2.68. The largest absolute Gasteiger partial charge is 0.467 e. The van der Waals surface area contributed by atoms with Gasteiger partial charge in [-0.05, 0) is 29.8 Å². The molecule has 2 aromatic rings. The second-order valence-electron chi connectivity index (χ2n) is 6.24. The maximum atomic E-state index is 13.0. The summed E-state index contributed by atoms with van der Waals surface area (Å²) in [5.74, 6) is -1.82. The molecular weight excluding hydrogens is 396 g/mol. The smallest absolute Gasteiger partial charge is 0.355 e. The van der Waals surface area contributed by atoms with Gasteiger partial charge in [-0.15, -0.1) is 0 Å². The Bertz CT molecular complexity index is 1030. The van der Waals surface area contributed by atoms with Crippen molar-refractivity contribution >= 4 is 41.4 Å². The summed E-state index contributed by atoms with van der Waals surface area (Å²) in [6, 6.07) is 13.3. The van der Waals surface area contributed by atoms with Gasteiger partial charge in [0.1, 0.15) is 6.34 Å². The van der Waals surface area contributed by atoms with E-state index in [0.29, 0.717) is 21.7 Å². The Morgan fingerprint density at radius 3 is 2.34 bits per heavy atom. The molecule has 2 aromatic carbocycles. The molecule has 1 unspecified atom stereocenters. The van der Waals surface area contributed by atoms with Crippen LogP contribution in [0.5, 0.6) is 0 Å². The summed E-state index contributed by atoms with van der Waals surface area (Å²) >= 11 is 5.90. The molecule has 0 saturated heterocycles. The van der Waals surface area contributed by atoms with Crippen molar-refractivity contribution in [1.29, 1.82) is 0 Å². The molecule has 0 aromatic heterocycles. The lowest BCUT2D eigenvalue weighted by Gasteiger charge is -2.25. The van der Waals surface area contributed by atoms with Crippen LogP contribution in [0.1, 0.15) is 21.5 Å². The minimum Gasteiger partial charge on any atom is -0.467 e. The third kappa shape index (κ3) is 3.82. The van der Waals surface area contributed by atoms with Crippen molar-refractivity contribution in [3.8, 4) is 0 Å². The Morgan fingerprint density at radius 1 is 1.00 bits per heavy atom. The quantitative estimate of drug-likeness (QED) is 0.537. The van der Waals surface area contributed by atoms with Crippen LogP contribution in [0.15, 0.2) is 58.5 Å². The van der Waals surface area contributed by atoms with E-state index in [1.54, 1.807) is 48.5 Å². The summed E-state index contributed by atoms with van der Waals surface area (Å²) in [5.41, 5.74) is -0.609. The molecule has 0 bridgehead atoms. The van der Waals surface area contributed by atoms with Gasteiger partial charge in [0.05, 0.1) is 14.2 Å². The zero-order valence-electron chi connectivity index (χ0n) is 15.7. The van der Waals surface area contributed by atoms with Crippen molar-refractivity contribution in [3.63, 3.8) is 0 Å². The van der Waals surface area contributed by atoms with Crippen molar-refractivity contribution < 1.29 is 23.9 Å². The average Bonchev–Trinajstić information content (AvgIpc) is 3.17. The standard InChI is InChI=1S/C21H17ClN2O5/c1-28-19(26)18-21(20(27)29-2,24-12-23-18)11-14-5-3-4-6-16(14)17(25)13-7-9-15(22)10-8-13/h3-10,12H,11H2,1-2H3. The molecule has 0 spiro atoms. The number of benzene rings is 2. The number of esters is 2. The Kier molecular flexibility index (Phi) is 5.89. The zero-order chi connectivity index (χ0) is 21.0. The van der Waals surface area contributed by atoms with E-state index in [1.807, 2.05) is 0 Å². The first-order valence-electron chi connectivity index (χ1n) is 8.60. The fourth-order valence-corrected chi connectivity index (χ4v) is 3.25. The van der Waals surface area contributed by atoms with Crippen LogP contribution in [-0.2, 0) is 25.5 Å². The number of carbonyl (C=O) groups excluding carboxylic acids is 3. The van der Waals surface area contributed by atoms with E-state index in [1.165, 1.54) is 14.2 Å². The molecule has 1 heterocycles. The SMILES string of the molecule is COC(=O)C1=NC=NC1(Cc1ccccc1C(=O)c1ccc(Cl)cc1)C(=O)OC. The van der Waals surface area contributed by atoms with Gasteiger partial charge in [0, 0.05) is 22.6 Å². The number of rotatable bonds is 6. The van der Waals surface area contributed by atoms with Crippen LogP contribution in [0.25, 0.3) is 0 Å². The van der Waals surface area contributed by atoms with Crippen molar-refractivity contribution in [2.75, 3.05) is 14.2 Å². The fourth-order valence-electron chi connectivity index (χ4n) is 3.12. The third-order valence-electron chi connectivity index (χ3n) is 4.57. The van der Waals surface area contributed by atoms with Gasteiger partial charge in [0.15, 0.2) is 11.5 Å².